The second kappa shape index (κ2) is 6.66. The fraction of sp³-hybridized carbons (Fsp3) is 0.100. The second-order valence-electron chi connectivity index (χ2n) is 6.29. The predicted molar refractivity (Wildman–Crippen MR) is 101 cm³/mol. The van der Waals surface area contributed by atoms with Crippen molar-refractivity contribution in [2.24, 2.45) is 0 Å². The molecule has 8 nitrogen and oxygen atoms in total. The summed E-state index contributed by atoms with van der Waals surface area (Å²) in [5.74, 6) is 2.84. The van der Waals surface area contributed by atoms with Crippen molar-refractivity contribution in [2.45, 2.75) is 6.92 Å². The Kier molecular flexibility index (Phi) is 3.86. The molecule has 2 aromatic carbocycles. The molecule has 0 amide bonds. The monoisotopic (exact) mass is 373 g/mol. The number of aryl methyl sites for hydroxylation is 1. The maximum atomic E-state index is 5.37. The Morgan fingerprint density at radius 2 is 1.75 bits per heavy atom. The number of hydrogen-bond acceptors (Lipinski definition) is 8. The van der Waals surface area contributed by atoms with Crippen molar-refractivity contribution in [3.63, 3.8) is 0 Å². The molecule has 1 N–H and O–H groups in total. The lowest BCUT2D eigenvalue weighted by molar-refractivity contribution is 0.174. The number of anilines is 2. The molecule has 138 valence electrons. The molecule has 0 bridgehead atoms. The molecule has 0 unspecified atom stereocenters. The van der Waals surface area contributed by atoms with Gasteiger partial charge in [0, 0.05) is 17.3 Å². The van der Waals surface area contributed by atoms with Crippen molar-refractivity contribution >= 4 is 11.5 Å². The van der Waals surface area contributed by atoms with E-state index in [1.165, 1.54) is 5.56 Å². The number of rotatable bonds is 4. The number of nitrogens with one attached hydrogen (secondary N) is 1. The molecule has 0 spiro atoms. The average molecular weight is 373 g/mol. The van der Waals surface area contributed by atoms with Crippen LogP contribution in [0.5, 0.6) is 11.5 Å². The van der Waals surface area contributed by atoms with E-state index < -0.39 is 0 Å². The number of hydrogen-bond donors (Lipinski definition) is 1. The predicted octanol–water partition coefficient (Wildman–Crippen LogP) is 3.97. The first kappa shape index (κ1) is 16.2. The van der Waals surface area contributed by atoms with Crippen LogP contribution in [0.2, 0.25) is 0 Å². The van der Waals surface area contributed by atoms with E-state index in [0.29, 0.717) is 29.0 Å². The van der Waals surface area contributed by atoms with Gasteiger partial charge in [-0.2, -0.15) is 4.98 Å². The van der Waals surface area contributed by atoms with Crippen LogP contribution in [0.15, 0.2) is 59.1 Å². The first-order valence-electron chi connectivity index (χ1n) is 8.66. The standard InChI is InChI=1S/C20H15N5O3/c1-12-2-4-13(5-3-12)19-22-20(28-25-19)15-7-9-18(24-23-15)21-14-6-8-16-17(10-14)27-11-26-16/h2-10H,11H2,1H3,(H,21,24). The molecule has 8 heteroatoms. The van der Waals surface area contributed by atoms with Gasteiger partial charge in [0.15, 0.2) is 23.0 Å². The zero-order valence-corrected chi connectivity index (χ0v) is 14.9. The van der Waals surface area contributed by atoms with Crippen LogP contribution in [-0.4, -0.2) is 27.1 Å². The minimum absolute atomic E-state index is 0.238. The van der Waals surface area contributed by atoms with Crippen molar-refractivity contribution in [1.82, 2.24) is 20.3 Å². The van der Waals surface area contributed by atoms with E-state index in [9.17, 15) is 0 Å². The van der Waals surface area contributed by atoms with E-state index >= 15 is 0 Å². The highest BCUT2D eigenvalue weighted by atomic mass is 16.7. The third-order valence-corrected chi connectivity index (χ3v) is 4.26. The van der Waals surface area contributed by atoms with Crippen LogP contribution < -0.4 is 14.8 Å². The lowest BCUT2D eigenvalue weighted by Crippen LogP contribution is -1.96. The first-order chi connectivity index (χ1) is 13.7. The summed E-state index contributed by atoms with van der Waals surface area (Å²) in [7, 11) is 0. The quantitative estimate of drug-likeness (QED) is 0.574. The summed E-state index contributed by atoms with van der Waals surface area (Å²) in [6, 6.07) is 17.1. The molecule has 2 aromatic heterocycles. The highest BCUT2D eigenvalue weighted by molar-refractivity contribution is 5.63. The van der Waals surface area contributed by atoms with Crippen LogP contribution in [0.1, 0.15) is 5.56 Å². The zero-order chi connectivity index (χ0) is 18.9. The normalized spacial score (nSPS) is 12.2. The van der Waals surface area contributed by atoms with Crippen molar-refractivity contribution in [1.29, 1.82) is 0 Å². The minimum Gasteiger partial charge on any atom is -0.454 e. The Labute approximate surface area is 160 Å². The largest absolute Gasteiger partial charge is 0.454 e. The van der Waals surface area contributed by atoms with Gasteiger partial charge in [-0.25, -0.2) is 0 Å². The van der Waals surface area contributed by atoms with E-state index in [-0.39, 0.29) is 6.79 Å². The Balaban J connectivity index is 1.33. The summed E-state index contributed by atoms with van der Waals surface area (Å²) in [6.07, 6.45) is 0. The minimum atomic E-state index is 0.238. The number of benzene rings is 2. The zero-order valence-electron chi connectivity index (χ0n) is 14.9. The molecule has 0 saturated carbocycles. The molecule has 0 radical (unpaired) electrons. The second-order valence-corrected chi connectivity index (χ2v) is 6.29. The van der Waals surface area contributed by atoms with Crippen LogP contribution in [0, 0.1) is 6.92 Å². The van der Waals surface area contributed by atoms with Crippen molar-refractivity contribution in [3.05, 3.63) is 60.2 Å². The van der Waals surface area contributed by atoms with E-state index in [2.05, 4.69) is 25.7 Å². The van der Waals surface area contributed by atoms with Gasteiger partial charge >= 0.3 is 0 Å². The van der Waals surface area contributed by atoms with Crippen LogP contribution in [-0.2, 0) is 0 Å². The smallest absolute Gasteiger partial charge is 0.278 e. The number of ether oxygens (including phenoxy) is 2. The molecule has 28 heavy (non-hydrogen) atoms. The van der Waals surface area contributed by atoms with Crippen molar-refractivity contribution in [2.75, 3.05) is 12.1 Å². The van der Waals surface area contributed by atoms with Crippen LogP contribution in [0.3, 0.4) is 0 Å². The van der Waals surface area contributed by atoms with Crippen LogP contribution in [0.25, 0.3) is 23.0 Å². The van der Waals surface area contributed by atoms with Gasteiger partial charge in [0.25, 0.3) is 5.89 Å². The summed E-state index contributed by atoms with van der Waals surface area (Å²) < 4.78 is 16.0. The SMILES string of the molecule is Cc1ccc(-c2noc(-c3ccc(Nc4ccc5c(c4)OCO5)nn3)n2)cc1. The van der Waals surface area contributed by atoms with Crippen LogP contribution in [0.4, 0.5) is 11.5 Å². The summed E-state index contributed by atoms with van der Waals surface area (Å²) in [5.41, 5.74) is 3.38. The van der Waals surface area contributed by atoms with Crippen molar-refractivity contribution < 1.29 is 14.0 Å². The molecule has 1 aliphatic heterocycles. The van der Waals surface area contributed by atoms with Gasteiger partial charge in [-0.15, -0.1) is 10.2 Å². The molecule has 0 atom stereocenters. The lowest BCUT2D eigenvalue weighted by Gasteiger charge is -2.05. The maximum Gasteiger partial charge on any atom is 0.278 e. The Morgan fingerprint density at radius 3 is 2.57 bits per heavy atom. The molecule has 1 aliphatic rings. The Bertz CT molecular complexity index is 1120. The number of nitrogens with zero attached hydrogens (tertiary/aromatic N) is 4. The highest BCUT2D eigenvalue weighted by Crippen LogP contribution is 2.35. The Morgan fingerprint density at radius 1 is 0.893 bits per heavy atom. The molecule has 0 aliphatic carbocycles. The fourth-order valence-corrected chi connectivity index (χ4v) is 2.78. The molecule has 4 aromatic rings. The molecular weight excluding hydrogens is 358 g/mol. The van der Waals surface area contributed by atoms with Crippen molar-refractivity contribution in [3.8, 4) is 34.5 Å². The highest BCUT2D eigenvalue weighted by Gasteiger charge is 2.14. The molecule has 3 heterocycles. The van der Waals surface area contributed by atoms with Gasteiger partial charge in [0.2, 0.25) is 12.6 Å². The van der Waals surface area contributed by atoms with E-state index in [1.54, 1.807) is 12.1 Å². The van der Waals surface area contributed by atoms with Crippen LogP contribution >= 0.6 is 0 Å². The lowest BCUT2D eigenvalue weighted by atomic mass is 10.1. The maximum absolute atomic E-state index is 5.37. The van der Waals surface area contributed by atoms with Gasteiger partial charge in [-0.1, -0.05) is 35.0 Å². The molecule has 0 saturated heterocycles. The Hall–Kier alpha value is -3.94. The number of fused-ring (bicyclic) bond motifs is 1. The summed E-state index contributed by atoms with van der Waals surface area (Å²) >= 11 is 0. The summed E-state index contributed by atoms with van der Waals surface area (Å²) in [6.45, 7) is 2.27. The molecular formula is C20H15N5O3. The summed E-state index contributed by atoms with van der Waals surface area (Å²) in [5, 5.41) is 15.5. The van der Waals surface area contributed by atoms with Gasteiger partial charge in [0.05, 0.1) is 0 Å². The third-order valence-electron chi connectivity index (χ3n) is 4.26. The summed E-state index contributed by atoms with van der Waals surface area (Å²) in [4.78, 5) is 4.40. The fourth-order valence-electron chi connectivity index (χ4n) is 2.78. The van der Waals surface area contributed by atoms with Gasteiger partial charge in [-0.05, 0) is 31.2 Å². The molecule has 5 rings (SSSR count). The van der Waals surface area contributed by atoms with Gasteiger partial charge in [-0.3, -0.25) is 0 Å². The average Bonchev–Trinajstić information content (AvgIpc) is 3.38. The number of aromatic nitrogens is 4. The van der Waals surface area contributed by atoms with E-state index in [4.69, 9.17) is 14.0 Å². The van der Waals surface area contributed by atoms with E-state index in [0.717, 1.165) is 17.0 Å². The van der Waals surface area contributed by atoms with E-state index in [1.807, 2.05) is 49.4 Å². The van der Waals surface area contributed by atoms with Gasteiger partial charge < -0.3 is 19.3 Å². The van der Waals surface area contributed by atoms with Gasteiger partial charge in [0.1, 0.15) is 0 Å². The molecule has 0 fully saturated rings. The first-order valence-corrected chi connectivity index (χ1v) is 8.66. The topological polar surface area (TPSA) is 95.2 Å². The third kappa shape index (κ3) is 3.11.